The molecule has 5 heteroatoms. The van der Waals surface area contributed by atoms with Crippen molar-refractivity contribution in [3.8, 4) is 0 Å². The number of hydrogen-bond acceptors (Lipinski definition) is 2. The minimum Gasteiger partial charge on any atom is -0.337 e. The predicted octanol–water partition coefficient (Wildman–Crippen LogP) is 1.73. The Morgan fingerprint density at radius 3 is 2.06 bits per heavy atom. The second-order valence-electron chi connectivity index (χ2n) is 5.39. The number of amides is 3. The molecule has 0 atom stereocenters. The molecule has 4 nitrogen and oxygen atoms in total. The van der Waals surface area contributed by atoms with E-state index in [2.05, 4.69) is 38.3 Å². The van der Waals surface area contributed by atoms with Crippen molar-refractivity contribution < 1.29 is 9.59 Å². The largest absolute Gasteiger partial charge is 0.337 e. The van der Waals surface area contributed by atoms with Crippen molar-refractivity contribution in [1.82, 2.24) is 10.6 Å². The van der Waals surface area contributed by atoms with Crippen LogP contribution in [-0.4, -0.2) is 24.4 Å². The molecule has 0 unspecified atom stereocenters. The van der Waals surface area contributed by atoms with Gasteiger partial charge < -0.3 is 5.32 Å². The summed E-state index contributed by atoms with van der Waals surface area (Å²) in [5, 5.41) is 4.84. The number of imide groups is 1. The van der Waals surface area contributed by atoms with Crippen LogP contribution in [0.4, 0.5) is 4.79 Å². The van der Waals surface area contributed by atoms with Crippen molar-refractivity contribution in [2.75, 3.05) is 12.4 Å². The van der Waals surface area contributed by atoms with Gasteiger partial charge in [0.2, 0.25) is 5.91 Å². The highest BCUT2D eigenvalue weighted by molar-refractivity contribution is 6.28. The van der Waals surface area contributed by atoms with Crippen molar-refractivity contribution in [2.45, 2.75) is 27.7 Å². The Kier molecular flexibility index (Phi) is 3.53. The molecule has 16 heavy (non-hydrogen) atoms. The van der Waals surface area contributed by atoms with Gasteiger partial charge in [-0.15, -0.1) is 11.6 Å². The first-order chi connectivity index (χ1) is 7.23. The first-order valence-electron chi connectivity index (χ1n) is 5.37. The summed E-state index contributed by atoms with van der Waals surface area (Å²) in [4.78, 5) is 22.1. The second kappa shape index (κ2) is 4.24. The van der Waals surface area contributed by atoms with Gasteiger partial charge in [-0.05, 0) is 16.7 Å². The number of carbonyl (C=O) groups is 2. The molecule has 3 amide bonds. The molecule has 1 aliphatic carbocycles. The van der Waals surface area contributed by atoms with E-state index in [4.69, 9.17) is 11.6 Å². The van der Waals surface area contributed by atoms with E-state index in [1.54, 1.807) is 0 Å². The zero-order valence-corrected chi connectivity index (χ0v) is 10.9. The molecule has 0 aromatic heterocycles. The molecule has 1 fully saturated rings. The van der Waals surface area contributed by atoms with E-state index in [9.17, 15) is 9.59 Å². The van der Waals surface area contributed by atoms with Crippen molar-refractivity contribution in [3.05, 3.63) is 0 Å². The Morgan fingerprint density at radius 2 is 1.69 bits per heavy atom. The van der Waals surface area contributed by atoms with Crippen molar-refractivity contribution in [1.29, 1.82) is 0 Å². The van der Waals surface area contributed by atoms with E-state index < -0.39 is 11.9 Å². The molecule has 1 saturated carbocycles. The summed E-state index contributed by atoms with van der Waals surface area (Å²) in [7, 11) is 0. The Morgan fingerprint density at radius 1 is 1.19 bits per heavy atom. The highest BCUT2D eigenvalue weighted by Crippen LogP contribution is 2.67. The van der Waals surface area contributed by atoms with Crippen molar-refractivity contribution in [2.24, 2.45) is 16.7 Å². The van der Waals surface area contributed by atoms with Crippen LogP contribution in [-0.2, 0) is 4.79 Å². The lowest BCUT2D eigenvalue weighted by Crippen LogP contribution is -2.41. The lowest BCUT2D eigenvalue weighted by atomic mass is 10.0. The lowest BCUT2D eigenvalue weighted by molar-refractivity contribution is -0.117. The van der Waals surface area contributed by atoms with Crippen LogP contribution in [0.25, 0.3) is 0 Å². The molecule has 92 valence electrons. The highest BCUT2D eigenvalue weighted by atomic mass is 35.5. The van der Waals surface area contributed by atoms with Gasteiger partial charge in [0, 0.05) is 6.54 Å². The number of carbonyl (C=O) groups excluding carboxylic acids is 2. The van der Waals surface area contributed by atoms with E-state index >= 15 is 0 Å². The van der Waals surface area contributed by atoms with Gasteiger partial charge in [0.1, 0.15) is 5.88 Å². The van der Waals surface area contributed by atoms with E-state index in [1.165, 1.54) is 0 Å². The van der Waals surface area contributed by atoms with Gasteiger partial charge in [-0.3, -0.25) is 10.1 Å². The third-order valence-corrected chi connectivity index (χ3v) is 4.40. The third-order valence-electron chi connectivity index (χ3n) is 4.16. The van der Waals surface area contributed by atoms with Crippen molar-refractivity contribution in [3.63, 3.8) is 0 Å². The van der Waals surface area contributed by atoms with Crippen LogP contribution < -0.4 is 10.6 Å². The zero-order valence-electron chi connectivity index (χ0n) is 10.2. The number of urea groups is 1. The topological polar surface area (TPSA) is 58.2 Å². The van der Waals surface area contributed by atoms with E-state index in [0.717, 1.165) is 0 Å². The number of alkyl halides is 1. The van der Waals surface area contributed by atoms with Gasteiger partial charge in [-0.25, -0.2) is 4.79 Å². The van der Waals surface area contributed by atoms with Crippen LogP contribution in [0.3, 0.4) is 0 Å². The molecule has 0 spiro atoms. The molecule has 0 heterocycles. The van der Waals surface area contributed by atoms with Crippen LogP contribution in [0.2, 0.25) is 0 Å². The van der Waals surface area contributed by atoms with Crippen LogP contribution >= 0.6 is 11.6 Å². The van der Waals surface area contributed by atoms with Crippen LogP contribution in [0.5, 0.6) is 0 Å². The average Bonchev–Trinajstić information content (AvgIpc) is 2.54. The first-order valence-corrected chi connectivity index (χ1v) is 5.90. The molecular weight excluding hydrogens is 228 g/mol. The molecule has 2 N–H and O–H groups in total. The fraction of sp³-hybridized carbons (Fsp3) is 0.818. The molecule has 0 aliphatic heterocycles. The summed E-state index contributed by atoms with van der Waals surface area (Å²) < 4.78 is 0. The maximum Gasteiger partial charge on any atom is 0.321 e. The number of hydrogen-bond donors (Lipinski definition) is 2. The second-order valence-corrected chi connectivity index (χ2v) is 5.66. The normalized spacial score (nSPS) is 21.3. The zero-order chi connectivity index (χ0) is 12.6. The summed E-state index contributed by atoms with van der Waals surface area (Å²) in [5.41, 5.74) is 0.466. The number of halogens is 1. The SMILES string of the molecule is CC1(C)C(CNC(=O)NC(=O)CCl)C1(C)C. The molecule has 0 radical (unpaired) electrons. The third kappa shape index (κ3) is 2.32. The van der Waals surface area contributed by atoms with Gasteiger partial charge in [0.05, 0.1) is 0 Å². The molecule has 0 saturated heterocycles. The maximum absolute atomic E-state index is 11.3. The smallest absolute Gasteiger partial charge is 0.321 e. The Hall–Kier alpha value is -0.770. The Balaban J connectivity index is 2.32. The fourth-order valence-corrected chi connectivity index (χ4v) is 2.31. The highest BCUT2D eigenvalue weighted by Gasteiger charge is 2.64. The lowest BCUT2D eigenvalue weighted by Gasteiger charge is -2.06. The van der Waals surface area contributed by atoms with Gasteiger partial charge in [-0.2, -0.15) is 0 Å². The molecule has 0 aromatic carbocycles. The number of rotatable bonds is 3. The van der Waals surface area contributed by atoms with Crippen molar-refractivity contribution >= 4 is 23.5 Å². The van der Waals surface area contributed by atoms with Gasteiger partial charge in [-0.1, -0.05) is 27.7 Å². The summed E-state index contributed by atoms with van der Waals surface area (Å²) in [6.45, 7) is 9.31. The number of nitrogens with one attached hydrogen (secondary N) is 2. The van der Waals surface area contributed by atoms with E-state index in [-0.39, 0.29) is 16.7 Å². The minimum absolute atomic E-state index is 0.201. The quantitative estimate of drug-likeness (QED) is 0.746. The Bertz CT molecular complexity index is 299. The standard InChI is InChI=1S/C11H19ClN2O2/c1-10(2)7(11(10,3)4)6-13-9(16)14-8(15)5-12/h7H,5-6H2,1-4H3,(H2,13,14,15,16). The molecule has 0 bridgehead atoms. The van der Waals surface area contributed by atoms with E-state index in [1.807, 2.05) is 0 Å². The van der Waals surface area contributed by atoms with Crippen LogP contribution in [0.15, 0.2) is 0 Å². The molecule has 1 rings (SSSR count). The summed E-state index contributed by atoms with van der Waals surface area (Å²) in [5.74, 6) is -0.237. The van der Waals surface area contributed by atoms with Crippen LogP contribution in [0, 0.1) is 16.7 Å². The maximum atomic E-state index is 11.3. The van der Waals surface area contributed by atoms with Gasteiger partial charge in [0.15, 0.2) is 0 Å². The fourth-order valence-electron chi connectivity index (χ4n) is 2.24. The van der Waals surface area contributed by atoms with Gasteiger partial charge >= 0.3 is 6.03 Å². The molecular formula is C11H19ClN2O2. The predicted molar refractivity (Wildman–Crippen MR) is 63.3 cm³/mol. The summed E-state index contributed by atoms with van der Waals surface area (Å²) in [6.07, 6.45) is 0. The molecule has 1 aliphatic rings. The Labute approximate surface area is 101 Å². The average molecular weight is 247 g/mol. The summed E-state index contributed by atoms with van der Waals surface area (Å²) in [6, 6.07) is -0.468. The molecule has 0 aromatic rings. The van der Waals surface area contributed by atoms with Gasteiger partial charge in [0.25, 0.3) is 0 Å². The first kappa shape index (κ1) is 13.3. The van der Waals surface area contributed by atoms with E-state index in [0.29, 0.717) is 12.5 Å². The monoisotopic (exact) mass is 246 g/mol. The summed E-state index contributed by atoms with van der Waals surface area (Å²) >= 11 is 5.27. The van der Waals surface area contributed by atoms with Crippen LogP contribution in [0.1, 0.15) is 27.7 Å². The minimum atomic E-state index is -0.478.